The first-order valence-electron chi connectivity index (χ1n) is 12.4. The van der Waals surface area contributed by atoms with E-state index in [9.17, 15) is 9.50 Å². The minimum atomic E-state index is -0.883. The summed E-state index contributed by atoms with van der Waals surface area (Å²) < 4.78 is 26.2. The Balaban J connectivity index is 1.33. The van der Waals surface area contributed by atoms with Crippen molar-refractivity contribution in [1.82, 2.24) is 4.90 Å². The highest BCUT2D eigenvalue weighted by Crippen LogP contribution is 2.45. The lowest BCUT2D eigenvalue weighted by Gasteiger charge is -2.39. The van der Waals surface area contributed by atoms with Gasteiger partial charge < -0.3 is 13.9 Å². The van der Waals surface area contributed by atoms with Gasteiger partial charge in [0, 0.05) is 12.1 Å². The van der Waals surface area contributed by atoms with Crippen LogP contribution in [0.1, 0.15) is 74.2 Å². The molecule has 0 saturated heterocycles. The lowest BCUT2D eigenvalue weighted by molar-refractivity contribution is -0.0494. The van der Waals surface area contributed by atoms with Crippen LogP contribution in [0.3, 0.4) is 0 Å². The number of hydrogen-bond donors (Lipinski definition) is 1. The summed E-state index contributed by atoms with van der Waals surface area (Å²) in [4.78, 5) is 2.11. The zero-order valence-electron chi connectivity index (χ0n) is 19.2. The SMILES string of the molecule is OC(CC1CCC1)(CC1CCC1)c1ccc(CN(Cc2ccco2)Cc2ccccc2F)o1. The predicted octanol–water partition coefficient (Wildman–Crippen LogP) is 6.78. The summed E-state index contributed by atoms with van der Waals surface area (Å²) in [7, 11) is 0. The Labute approximate surface area is 195 Å². The van der Waals surface area contributed by atoms with Gasteiger partial charge in [0.15, 0.2) is 0 Å². The first kappa shape index (κ1) is 22.4. The number of hydrogen-bond acceptors (Lipinski definition) is 4. The van der Waals surface area contributed by atoms with E-state index in [0.29, 0.717) is 42.8 Å². The van der Waals surface area contributed by atoms with Gasteiger partial charge in [-0.3, -0.25) is 4.90 Å². The Morgan fingerprint density at radius 3 is 2.15 bits per heavy atom. The van der Waals surface area contributed by atoms with E-state index in [1.807, 2.05) is 36.4 Å². The Bertz CT molecular complexity index is 1000. The Morgan fingerprint density at radius 2 is 1.55 bits per heavy atom. The predicted molar refractivity (Wildman–Crippen MR) is 125 cm³/mol. The zero-order chi connectivity index (χ0) is 22.7. The van der Waals surface area contributed by atoms with Crippen molar-refractivity contribution in [2.45, 2.75) is 76.6 Å². The molecule has 4 nitrogen and oxygen atoms in total. The maximum atomic E-state index is 14.3. The van der Waals surface area contributed by atoms with Crippen LogP contribution in [0, 0.1) is 17.7 Å². The molecule has 0 bridgehead atoms. The third kappa shape index (κ3) is 5.42. The molecule has 2 fully saturated rings. The van der Waals surface area contributed by atoms with Crippen molar-refractivity contribution >= 4 is 0 Å². The van der Waals surface area contributed by atoms with Gasteiger partial charge in [-0.05, 0) is 55.0 Å². The molecule has 3 aromatic rings. The summed E-state index contributed by atoms with van der Waals surface area (Å²) in [5.41, 5.74) is -0.242. The summed E-state index contributed by atoms with van der Waals surface area (Å²) in [5, 5.41) is 11.7. The number of benzene rings is 1. The smallest absolute Gasteiger partial charge is 0.135 e. The molecule has 0 atom stereocenters. The molecule has 5 rings (SSSR count). The van der Waals surface area contributed by atoms with E-state index in [1.54, 1.807) is 12.3 Å². The normalized spacial score (nSPS) is 17.3. The van der Waals surface area contributed by atoms with Gasteiger partial charge in [0.05, 0.1) is 19.4 Å². The first-order valence-corrected chi connectivity index (χ1v) is 12.4. The molecule has 0 spiro atoms. The van der Waals surface area contributed by atoms with Crippen LogP contribution in [0.2, 0.25) is 0 Å². The number of halogens is 1. The topological polar surface area (TPSA) is 49.8 Å². The second kappa shape index (κ2) is 9.86. The molecule has 1 aromatic carbocycles. The molecular formula is C28H34FNO3. The van der Waals surface area contributed by atoms with Crippen LogP contribution in [0.5, 0.6) is 0 Å². The van der Waals surface area contributed by atoms with Crippen molar-refractivity contribution in [2.75, 3.05) is 0 Å². The van der Waals surface area contributed by atoms with Crippen molar-refractivity contribution in [3.63, 3.8) is 0 Å². The molecule has 0 amide bonds. The molecule has 2 saturated carbocycles. The number of rotatable bonds is 11. The molecule has 1 N–H and O–H groups in total. The van der Waals surface area contributed by atoms with Crippen molar-refractivity contribution in [1.29, 1.82) is 0 Å². The molecule has 2 aromatic heterocycles. The fraction of sp³-hybridized carbons (Fsp3) is 0.500. The third-order valence-corrected chi connectivity index (χ3v) is 7.51. The standard InChI is InChI=1S/C28H34FNO3/c29-26-12-2-1-10-23(26)18-30(19-24-11-5-15-32-24)20-25-13-14-27(33-25)28(31,16-21-6-3-7-21)17-22-8-4-9-22/h1-2,5,10-15,21-22,31H,3-4,6-9,16-20H2. The van der Waals surface area contributed by atoms with Gasteiger partial charge in [0.1, 0.15) is 28.7 Å². The van der Waals surface area contributed by atoms with E-state index >= 15 is 0 Å². The Morgan fingerprint density at radius 1 is 0.848 bits per heavy atom. The van der Waals surface area contributed by atoms with E-state index in [4.69, 9.17) is 8.83 Å². The Kier molecular flexibility index (Phi) is 6.70. The highest BCUT2D eigenvalue weighted by molar-refractivity contribution is 5.19. The van der Waals surface area contributed by atoms with E-state index in [2.05, 4.69) is 4.90 Å². The molecule has 0 unspecified atom stereocenters. The monoisotopic (exact) mass is 451 g/mol. The molecule has 33 heavy (non-hydrogen) atoms. The van der Waals surface area contributed by atoms with Crippen LogP contribution in [0.15, 0.2) is 63.6 Å². The minimum Gasteiger partial charge on any atom is -0.468 e. The van der Waals surface area contributed by atoms with Crippen LogP contribution in [0.4, 0.5) is 4.39 Å². The van der Waals surface area contributed by atoms with Crippen molar-refractivity contribution < 1.29 is 18.3 Å². The van der Waals surface area contributed by atoms with Gasteiger partial charge in [-0.25, -0.2) is 4.39 Å². The largest absolute Gasteiger partial charge is 0.468 e. The average molecular weight is 452 g/mol. The first-order chi connectivity index (χ1) is 16.1. The quantitative estimate of drug-likeness (QED) is 0.349. The zero-order valence-corrected chi connectivity index (χ0v) is 19.2. The number of furan rings is 2. The molecule has 2 heterocycles. The average Bonchev–Trinajstić information content (AvgIpc) is 3.42. The molecule has 176 valence electrons. The lowest BCUT2D eigenvalue weighted by Crippen LogP contribution is -2.34. The second-order valence-electron chi connectivity index (χ2n) is 10.1. The summed E-state index contributed by atoms with van der Waals surface area (Å²) >= 11 is 0. The molecule has 2 aliphatic carbocycles. The molecule has 0 radical (unpaired) electrons. The summed E-state index contributed by atoms with van der Waals surface area (Å²) in [6.07, 6.45) is 10.6. The minimum absolute atomic E-state index is 0.211. The maximum Gasteiger partial charge on any atom is 0.135 e. The van der Waals surface area contributed by atoms with Gasteiger partial charge in [0.25, 0.3) is 0 Å². The van der Waals surface area contributed by atoms with Crippen LogP contribution < -0.4 is 0 Å². The highest BCUT2D eigenvalue weighted by atomic mass is 19.1. The lowest BCUT2D eigenvalue weighted by atomic mass is 9.70. The van der Waals surface area contributed by atoms with Crippen LogP contribution in [-0.2, 0) is 25.2 Å². The summed E-state index contributed by atoms with van der Waals surface area (Å²) in [6.45, 7) is 1.50. The van der Waals surface area contributed by atoms with E-state index in [0.717, 1.165) is 24.4 Å². The van der Waals surface area contributed by atoms with E-state index in [1.165, 1.54) is 44.6 Å². The summed E-state index contributed by atoms with van der Waals surface area (Å²) in [5.74, 6) is 3.29. The second-order valence-corrected chi connectivity index (χ2v) is 10.1. The third-order valence-electron chi connectivity index (χ3n) is 7.51. The maximum absolute atomic E-state index is 14.3. The molecule has 2 aliphatic rings. The molecule has 0 aliphatic heterocycles. The van der Waals surface area contributed by atoms with Crippen LogP contribution in [-0.4, -0.2) is 10.0 Å². The van der Waals surface area contributed by atoms with Crippen molar-refractivity contribution in [3.8, 4) is 0 Å². The number of nitrogens with zero attached hydrogens (tertiary/aromatic N) is 1. The van der Waals surface area contributed by atoms with Crippen LogP contribution in [0.25, 0.3) is 0 Å². The van der Waals surface area contributed by atoms with Gasteiger partial charge in [0.2, 0.25) is 0 Å². The van der Waals surface area contributed by atoms with E-state index < -0.39 is 5.60 Å². The van der Waals surface area contributed by atoms with Crippen LogP contribution >= 0.6 is 0 Å². The Hall–Kier alpha value is -2.37. The number of aliphatic hydroxyl groups is 1. The van der Waals surface area contributed by atoms with Gasteiger partial charge in [-0.15, -0.1) is 0 Å². The summed E-state index contributed by atoms with van der Waals surface area (Å²) in [6, 6.07) is 14.6. The van der Waals surface area contributed by atoms with Gasteiger partial charge >= 0.3 is 0 Å². The molecular weight excluding hydrogens is 417 g/mol. The van der Waals surface area contributed by atoms with Crippen molar-refractivity contribution in [3.05, 3.63) is 83.5 Å². The highest BCUT2D eigenvalue weighted by Gasteiger charge is 2.40. The van der Waals surface area contributed by atoms with E-state index in [-0.39, 0.29) is 5.82 Å². The molecule has 5 heteroatoms. The van der Waals surface area contributed by atoms with Gasteiger partial charge in [-0.2, -0.15) is 0 Å². The fourth-order valence-electron chi connectivity index (χ4n) is 5.23. The van der Waals surface area contributed by atoms with Crippen molar-refractivity contribution in [2.24, 2.45) is 11.8 Å². The fourth-order valence-corrected chi connectivity index (χ4v) is 5.23. The van der Waals surface area contributed by atoms with Gasteiger partial charge in [-0.1, -0.05) is 56.7 Å².